The van der Waals surface area contributed by atoms with Gasteiger partial charge in [-0.05, 0) is 59.3 Å². The van der Waals surface area contributed by atoms with E-state index < -0.39 is 23.5 Å². The molecule has 1 heterocycles. The van der Waals surface area contributed by atoms with E-state index in [9.17, 15) is 18.8 Å². The number of para-hydroxylation sites is 1. The molecule has 7 nitrogen and oxygen atoms in total. The van der Waals surface area contributed by atoms with E-state index in [1.807, 2.05) is 36.4 Å². The molecule has 2 N–H and O–H groups in total. The molecule has 0 bridgehead atoms. The summed E-state index contributed by atoms with van der Waals surface area (Å²) in [4.78, 5) is 38.3. The molecular formula is C28H20FN3O4. The maximum atomic E-state index is 13.1. The van der Waals surface area contributed by atoms with Crippen molar-refractivity contribution in [2.75, 3.05) is 16.9 Å². The first kappa shape index (κ1) is 22.8. The lowest BCUT2D eigenvalue weighted by molar-refractivity contribution is -0.118. The largest absolute Gasteiger partial charge is 0.483 e. The van der Waals surface area contributed by atoms with Crippen LogP contribution in [0.2, 0.25) is 0 Å². The molecule has 36 heavy (non-hydrogen) atoms. The third-order valence-corrected chi connectivity index (χ3v) is 5.61. The predicted molar refractivity (Wildman–Crippen MR) is 135 cm³/mol. The Labute approximate surface area is 205 Å². The first-order chi connectivity index (χ1) is 17.5. The molecule has 4 aromatic carbocycles. The lowest BCUT2D eigenvalue weighted by Gasteiger charge is -2.14. The summed E-state index contributed by atoms with van der Waals surface area (Å²) in [5.41, 5.74) is 3.99. The highest BCUT2D eigenvalue weighted by atomic mass is 19.1. The topological polar surface area (TPSA) is 87.7 Å². The van der Waals surface area contributed by atoms with Crippen LogP contribution in [0, 0.1) is 5.82 Å². The van der Waals surface area contributed by atoms with Gasteiger partial charge in [0.05, 0.1) is 5.69 Å². The highest BCUT2D eigenvalue weighted by Gasteiger charge is 2.34. The molecule has 0 atom stereocenters. The van der Waals surface area contributed by atoms with Crippen molar-refractivity contribution >= 4 is 45.9 Å². The molecule has 1 fully saturated rings. The Balaban J connectivity index is 1.44. The monoisotopic (exact) mass is 481 g/mol. The molecule has 1 saturated heterocycles. The molecule has 1 aliphatic heterocycles. The first-order valence-corrected chi connectivity index (χ1v) is 11.1. The fourth-order valence-electron chi connectivity index (χ4n) is 3.88. The number of fused-ring (bicyclic) bond motifs is 1. The van der Waals surface area contributed by atoms with Crippen LogP contribution in [0.25, 0.3) is 16.8 Å². The zero-order valence-electron chi connectivity index (χ0n) is 18.9. The number of halogens is 1. The number of amides is 3. The van der Waals surface area contributed by atoms with Gasteiger partial charge in [-0.25, -0.2) is 9.40 Å². The van der Waals surface area contributed by atoms with Crippen LogP contribution >= 0.6 is 0 Å². The summed E-state index contributed by atoms with van der Waals surface area (Å²) in [5.74, 6) is -1.57. The van der Waals surface area contributed by atoms with Gasteiger partial charge in [-0.1, -0.05) is 48.5 Å². The summed E-state index contributed by atoms with van der Waals surface area (Å²) >= 11 is 0. The zero-order chi connectivity index (χ0) is 25.1. The van der Waals surface area contributed by atoms with Crippen LogP contribution in [0.3, 0.4) is 0 Å². The number of hydrogen-bond acceptors (Lipinski definition) is 4. The highest BCUT2D eigenvalue weighted by molar-refractivity contribution is 6.32. The minimum atomic E-state index is -0.545. The Morgan fingerprint density at radius 3 is 2.42 bits per heavy atom. The van der Waals surface area contributed by atoms with Gasteiger partial charge in [0.2, 0.25) is 0 Å². The van der Waals surface area contributed by atoms with Crippen LogP contribution in [0.4, 0.5) is 15.8 Å². The van der Waals surface area contributed by atoms with Crippen LogP contribution in [0.5, 0.6) is 5.75 Å². The molecule has 8 heteroatoms. The molecule has 1 aliphatic rings. The minimum absolute atomic E-state index is 0.0594. The molecule has 0 spiro atoms. The van der Waals surface area contributed by atoms with Crippen molar-refractivity contribution in [2.45, 2.75) is 0 Å². The highest BCUT2D eigenvalue weighted by Crippen LogP contribution is 2.32. The molecule has 0 aromatic heterocycles. The average molecular weight is 481 g/mol. The zero-order valence-corrected chi connectivity index (χ0v) is 18.9. The quantitative estimate of drug-likeness (QED) is 0.315. The van der Waals surface area contributed by atoms with Gasteiger partial charge in [0.1, 0.15) is 17.1 Å². The number of nitrogens with one attached hydrogen (secondary N) is 2. The Hall–Kier alpha value is -4.98. The molecule has 0 saturated carbocycles. The summed E-state index contributed by atoms with van der Waals surface area (Å²) in [7, 11) is 0. The average Bonchev–Trinajstić information content (AvgIpc) is 3.18. The van der Waals surface area contributed by atoms with Gasteiger partial charge in [0.25, 0.3) is 17.7 Å². The van der Waals surface area contributed by atoms with Crippen LogP contribution in [0.15, 0.2) is 96.6 Å². The summed E-state index contributed by atoms with van der Waals surface area (Å²) in [6, 6.07) is 25.1. The first-order valence-electron chi connectivity index (χ1n) is 11.1. The van der Waals surface area contributed by atoms with E-state index >= 15 is 0 Å². The van der Waals surface area contributed by atoms with Crippen molar-refractivity contribution in [1.29, 1.82) is 0 Å². The van der Waals surface area contributed by atoms with Gasteiger partial charge in [0.15, 0.2) is 6.61 Å². The third kappa shape index (κ3) is 4.65. The van der Waals surface area contributed by atoms with Crippen LogP contribution in [-0.4, -0.2) is 24.3 Å². The lowest BCUT2D eigenvalue weighted by Crippen LogP contribution is -2.35. The van der Waals surface area contributed by atoms with Gasteiger partial charge in [-0.3, -0.25) is 19.8 Å². The lowest BCUT2D eigenvalue weighted by atomic mass is 10.0. The summed E-state index contributed by atoms with van der Waals surface area (Å²) in [6.45, 7) is -0.331. The number of carbonyl (C=O) groups is 3. The predicted octanol–water partition coefficient (Wildman–Crippen LogP) is 4.46. The minimum Gasteiger partial charge on any atom is -0.483 e. The molecule has 0 unspecified atom stereocenters. The molecule has 178 valence electrons. The van der Waals surface area contributed by atoms with E-state index in [0.29, 0.717) is 22.7 Å². The second kappa shape index (κ2) is 9.71. The van der Waals surface area contributed by atoms with Crippen LogP contribution in [-0.2, 0) is 14.4 Å². The van der Waals surface area contributed by atoms with E-state index in [2.05, 4.69) is 10.7 Å². The van der Waals surface area contributed by atoms with Crippen molar-refractivity contribution in [1.82, 2.24) is 5.43 Å². The summed E-state index contributed by atoms with van der Waals surface area (Å²) < 4.78 is 18.9. The van der Waals surface area contributed by atoms with E-state index in [1.54, 1.807) is 30.3 Å². The summed E-state index contributed by atoms with van der Waals surface area (Å²) in [6.07, 6.45) is 1.48. The maximum Gasteiger partial charge on any atom is 0.282 e. The molecule has 4 aromatic rings. The number of hydrazine groups is 1. The maximum absolute atomic E-state index is 13.1. The fourth-order valence-corrected chi connectivity index (χ4v) is 3.88. The number of carbonyl (C=O) groups excluding carboxylic acids is 3. The fraction of sp³-hybridized carbons (Fsp3) is 0.0357. The number of anilines is 2. The van der Waals surface area contributed by atoms with Crippen molar-refractivity contribution in [3.8, 4) is 5.75 Å². The number of nitrogens with zero attached hydrogens (tertiary/aromatic N) is 1. The van der Waals surface area contributed by atoms with E-state index in [-0.39, 0.29) is 12.2 Å². The molecule has 3 amide bonds. The van der Waals surface area contributed by atoms with Gasteiger partial charge >= 0.3 is 0 Å². The number of benzene rings is 4. The van der Waals surface area contributed by atoms with Crippen molar-refractivity contribution in [3.63, 3.8) is 0 Å². The molecular weight excluding hydrogens is 461 g/mol. The Morgan fingerprint density at radius 1 is 0.917 bits per heavy atom. The van der Waals surface area contributed by atoms with E-state index in [1.165, 1.54) is 35.4 Å². The van der Waals surface area contributed by atoms with Crippen molar-refractivity contribution in [2.24, 2.45) is 0 Å². The number of ether oxygens (including phenoxy) is 1. The second-order valence-corrected chi connectivity index (χ2v) is 8.02. The number of hydrogen-bond donors (Lipinski definition) is 2. The Bertz CT molecular complexity index is 1500. The van der Waals surface area contributed by atoms with Crippen LogP contribution in [0.1, 0.15) is 5.56 Å². The van der Waals surface area contributed by atoms with Gasteiger partial charge in [-0.2, -0.15) is 0 Å². The van der Waals surface area contributed by atoms with E-state index in [4.69, 9.17) is 4.74 Å². The smallest absolute Gasteiger partial charge is 0.282 e. The molecule has 0 aliphatic carbocycles. The SMILES string of the molecule is O=C(COc1ccc2ccccc2c1C=C1C(=O)NN(c2ccccc2)C1=O)Nc1ccc(F)cc1. The van der Waals surface area contributed by atoms with Gasteiger partial charge in [-0.15, -0.1) is 0 Å². The van der Waals surface area contributed by atoms with Crippen LogP contribution < -0.4 is 20.5 Å². The van der Waals surface area contributed by atoms with E-state index in [0.717, 1.165) is 10.8 Å². The van der Waals surface area contributed by atoms with Gasteiger partial charge in [0, 0.05) is 11.3 Å². The third-order valence-electron chi connectivity index (χ3n) is 5.61. The van der Waals surface area contributed by atoms with Crippen molar-refractivity contribution in [3.05, 3.63) is 108 Å². The van der Waals surface area contributed by atoms with Gasteiger partial charge < -0.3 is 10.1 Å². The normalized spacial score (nSPS) is 14.2. The number of rotatable bonds is 6. The molecule has 5 rings (SSSR count). The Kier molecular flexibility index (Phi) is 6.15. The van der Waals surface area contributed by atoms with Crippen molar-refractivity contribution < 1.29 is 23.5 Å². The summed E-state index contributed by atoms with van der Waals surface area (Å²) in [5, 5.41) is 5.45. The second-order valence-electron chi connectivity index (χ2n) is 8.02. The Morgan fingerprint density at radius 2 is 1.64 bits per heavy atom. The molecule has 0 radical (unpaired) electrons. The standard InChI is InChI=1S/C28H20FN3O4/c29-19-11-13-20(14-12-19)30-26(33)17-36-25-15-10-18-6-4-5-9-22(18)23(25)16-24-27(34)31-32(28(24)35)21-7-2-1-3-8-21/h1-16H,17H2,(H,30,33)(H,31,34).